The Morgan fingerprint density at radius 3 is 2.61 bits per heavy atom. The number of ether oxygens (including phenoxy) is 1. The molecule has 1 aromatic rings. The van der Waals surface area contributed by atoms with Crippen LogP contribution in [0.3, 0.4) is 0 Å². The van der Waals surface area contributed by atoms with Gasteiger partial charge in [-0.2, -0.15) is 0 Å². The highest BCUT2D eigenvalue weighted by molar-refractivity contribution is 5.36. The monoisotopic (exact) mass is 249 g/mol. The van der Waals surface area contributed by atoms with Gasteiger partial charge in [0.25, 0.3) is 0 Å². The van der Waals surface area contributed by atoms with E-state index in [0.717, 1.165) is 18.7 Å². The van der Waals surface area contributed by atoms with Crippen molar-refractivity contribution in [3.05, 3.63) is 29.3 Å². The van der Waals surface area contributed by atoms with Crippen LogP contribution in [0.4, 0.5) is 0 Å². The van der Waals surface area contributed by atoms with Gasteiger partial charge < -0.3 is 10.1 Å². The minimum Gasteiger partial charge on any atom is -0.496 e. The fourth-order valence-electron chi connectivity index (χ4n) is 2.11. The Morgan fingerprint density at radius 1 is 1.17 bits per heavy atom. The average molecular weight is 249 g/mol. The van der Waals surface area contributed by atoms with E-state index in [2.05, 4.69) is 44.3 Å². The van der Waals surface area contributed by atoms with Crippen molar-refractivity contribution in [2.75, 3.05) is 13.7 Å². The molecule has 0 atom stereocenters. The Labute approximate surface area is 112 Å². The number of methoxy groups -OCH3 is 1. The van der Waals surface area contributed by atoms with Crippen molar-refractivity contribution in [3.8, 4) is 5.75 Å². The molecule has 1 rings (SSSR count). The van der Waals surface area contributed by atoms with E-state index in [9.17, 15) is 0 Å². The summed E-state index contributed by atoms with van der Waals surface area (Å²) in [5.41, 5.74) is 2.65. The highest BCUT2D eigenvalue weighted by Gasteiger charge is 2.02. The van der Waals surface area contributed by atoms with Crippen LogP contribution in [-0.4, -0.2) is 19.7 Å². The van der Waals surface area contributed by atoms with Gasteiger partial charge in [-0.25, -0.2) is 0 Å². The average Bonchev–Trinajstić information content (AvgIpc) is 2.33. The molecule has 0 spiro atoms. The first-order valence-electron chi connectivity index (χ1n) is 7.00. The maximum absolute atomic E-state index is 5.40. The summed E-state index contributed by atoms with van der Waals surface area (Å²) in [4.78, 5) is 0. The molecule has 0 saturated heterocycles. The Bertz CT molecular complexity index is 347. The van der Waals surface area contributed by atoms with Gasteiger partial charge in [-0.15, -0.1) is 0 Å². The van der Waals surface area contributed by atoms with Crippen LogP contribution in [0, 0.1) is 6.92 Å². The molecule has 0 aromatic heterocycles. The van der Waals surface area contributed by atoms with E-state index in [1.54, 1.807) is 7.11 Å². The highest BCUT2D eigenvalue weighted by atomic mass is 16.5. The zero-order valence-corrected chi connectivity index (χ0v) is 12.3. The number of benzene rings is 1. The molecular formula is C16H27NO. The number of hydrogen-bond acceptors (Lipinski definition) is 2. The minimum atomic E-state index is 0.599. The van der Waals surface area contributed by atoms with Gasteiger partial charge in [0.05, 0.1) is 7.11 Å². The Hall–Kier alpha value is -1.02. The van der Waals surface area contributed by atoms with Gasteiger partial charge in [-0.3, -0.25) is 0 Å². The van der Waals surface area contributed by atoms with Crippen molar-refractivity contribution in [3.63, 3.8) is 0 Å². The summed E-state index contributed by atoms with van der Waals surface area (Å²) in [5.74, 6) is 1.03. The predicted molar refractivity (Wildman–Crippen MR) is 78.4 cm³/mol. The van der Waals surface area contributed by atoms with Gasteiger partial charge >= 0.3 is 0 Å². The molecule has 1 N–H and O–H groups in total. The molecule has 0 saturated carbocycles. The first-order valence-corrected chi connectivity index (χ1v) is 7.00. The molecule has 0 amide bonds. The second-order valence-electron chi connectivity index (χ2n) is 5.23. The quantitative estimate of drug-likeness (QED) is 0.709. The predicted octanol–water partition coefficient (Wildman–Crippen LogP) is 3.71. The maximum atomic E-state index is 5.40. The topological polar surface area (TPSA) is 21.3 Å². The third-order valence-electron chi connectivity index (χ3n) is 3.11. The molecule has 102 valence electrons. The highest BCUT2D eigenvalue weighted by Crippen LogP contribution is 2.21. The number of rotatable bonds is 8. The van der Waals surface area contributed by atoms with Crippen molar-refractivity contribution in [2.45, 2.75) is 52.5 Å². The number of aryl methyl sites for hydroxylation is 2. The van der Waals surface area contributed by atoms with Crippen LogP contribution in [-0.2, 0) is 6.42 Å². The van der Waals surface area contributed by atoms with Gasteiger partial charge in [-0.1, -0.05) is 38.0 Å². The van der Waals surface area contributed by atoms with Crippen LogP contribution in [0.15, 0.2) is 18.2 Å². The molecule has 0 heterocycles. The fraction of sp³-hybridized carbons (Fsp3) is 0.625. The molecule has 0 aliphatic heterocycles. The lowest BCUT2D eigenvalue weighted by Gasteiger charge is -2.10. The Morgan fingerprint density at radius 2 is 1.94 bits per heavy atom. The number of unbranched alkanes of at least 4 members (excludes halogenated alkanes) is 2. The standard InChI is InChI=1S/C16H27NO/c1-13(2)17-11-7-5-6-8-15-12-14(3)9-10-16(15)18-4/h9-10,12-13,17H,5-8,11H2,1-4H3. The summed E-state index contributed by atoms with van der Waals surface area (Å²) in [7, 11) is 1.75. The fourth-order valence-corrected chi connectivity index (χ4v) is 2.11. The van der Waals surface area contributed by atoms with Crippen molar-refractivity contribution in [1.29, 1.82) is 0 Å². The number of hydrogen-bond donors (Lipinski definition) is 1. The van der Waals surface area contributed by atoms with Crippen molar-refractivity contribution in [2.24, 2.45) is 0 Å². The van der Waals surface area contributed by atoms with Crippen LogP contribution < -0.4 is 10.1 Å². The van der Waals surface area contributed by atoms with Gasteiger partial charge in [0.15, 0.2) is 0 Å². The van der Waals surface area contributed by atoms with E-state index >= 15 is 0 Å². The lowest BCUT2D eigenvalue weighted by molar-refractivity contribution is 0.408. The Kier molecular flexibility index (Phi) is 6.81. The maximum Gasteiger partial charge on any atom is 0.122 e. The molecule has 0 radical (unpaired) electrons. The SMILES string of the molecule is COc1ccc(C)cc1CCCCCNC(C)C. The molecule has 0 aliphatic rings. The van der Waals surface area contributed by atoms with E-state index in [1.807, 2.05) is 0 Å². The van der Waals surface area contributed by atoms with E-state index < -0.39 is 0 Å². The van der Waals surface area contributed by atoms with Crippen LogP contribution >= 0.6 is 0 Å². The summed E-state index contributed by atoms with van der Waals surface area (Å²) >= 11 is 0. The van der Waals surface area contributed by atoms with E-state index in [0.29, 0.717) is 6.04 Å². The lowest BCUT2D eigenvalue weighted by Crippen LogP contribution is -2.23. The second kappa shape index (κ2) is 8.15. The third kappa shape index (κ3) is 5.54. The molecule has 0 unspecified atom stereocenters. The van der Waals surface area contributed by atoms with Crippen LogP contribution in [0.2, 0.25) is 0 Å². The third-order valence-corrected chi connectivity index (χ3v) is 3.11. The first kappa shape index (κ1) is 15.0. The van der Waals surface area contributed by atoms with Gasteiger partial charge in [0.1, 0.15) is 5.75 Å². The molecule has 0 aliphatic carbocycles. The zero-order chi connectivity index (χ0) is 13.4. The van der Waals surface area contributed by atoms with Gasteiger partial charge in [0, 0.05) is 6.04 Å². The molecule has 0 bridgehead atoms. The van der Waals surface area contributed by atoms with Crippen LogP contribution in [0.5, 0.6) is 5.75 Å². The molecular weight excluding hydrogens is 222 g/mol. The summed E-state index contributed by atoms with van der Waals surface area (Å²) in [5, 5.41) is 3.45. The molecule has 2 heteroatoms. The second-order valence-corrected chi connectivity index (χ2v) is 5.23. The van der Waals surface area contributed by atoms with E-state index in [1.165, 1.54) is 30.4 Å². The number of nitrogens with one attached hydrogen (secondary N) is 1. The summed E-state index contributed by atoms with van der Waals surface area (Å²) in [6.45, 7) is 7.65. The van der Waals surface area contributed by atoms with Crippen LogP contribution in [0.1, 0.15) is 44.2 Å². The molecule has 2 nitrogen and oxygen atoms in total. The smallest absolute Gasteiger partial charge is 0.122 e. The lowest BCUT2D eigenvalue weighted by atomic mass is 10.0. The summed E-state index contributed by atoms with van der Waals surface area (Å²) < 4.78 is 5.40. The van der Waals surface area contributed by atoms with Gasteiger partial charge in [-0.05, 0) is 44.4 Å². The Balaban J connectivity index is 2.28. The largest absolute Gasteiger partial charge is 0.496 e. The molecule has 1 aromatic carbocycles. The summed E-state index contributed by atoms with van der Waals surface area (Å²) in [6.07, 6.45) is 4.88. The van der Waals surface area contributed by atoms with Crippen molar-refractivity contribution >= 4 is 0 Å². The van der Waals surface area contributed by atoms with E-state index in [-0.39, 0.29) is 0 Å². The van der Waals surface area contributed by atoms with Crippen molar-refractivity contribution < 1.29 is 4.74 Å². The van der Waals surface area contributed by atoms with Gasteiger partial charge in [0.2, 0.25) is 0 Å². The molecule has 0 fully saturated rings. The van der Waals surface area contributed by atoms with Crippen molar-refractivity contribution in [1.82, 2.24) is 5.32 Å². The van der Waals surface area contributed by atoms with Crippen LogP contribution in [0.25, 0.3) is 0 Å². The normalized spacial score (nSPS) is 10.9. The minimum absolute atomic E-state index is 0.599. The zero-order valence-electron chi connectivity index (χ0n) is 12.3. The van der Waals surface area contributed by atoms with E-state index in [4.69, 9.17) is 4.74 Å². The molecule has 18 heavy (non-hydrogen) atoms. The summed E-state index contributed by atoms with van der Waals surface area (Å²) in [6, 6.07) is 7.02. The first-order chi connectivity index (χ1) is 8.63.